The standard InChI is InChI=1S/C25H27BrN2O4S/c26-22-11-13-23(14-12-22)33(31,32)28-17-15-19-7-9-20(10-8-19)24(5-1-2-6-25(29)30)21-4-3-16-27-18-21/h3-4,7-14,16,18,24,28H,1-2,5-6,15,17H2,(H,29,30). The van der Waals surface area contributed by atoms with Crippen LogP contribution in [0.25, 0.3) is 0 Å². The second kappa shape index (κ2) is 12.1. The molecule has 0 radical (unpaired) electrons. The molecule has 1 unspecified atom stereocenters. The number of hydrogen-bond acceptors (Lipinski definition) is 4. The van der Waals surface area contributed by atoms with Gasteiger partial charge < -0.3 is 5.11 Å². The van der Waals surface area contributed by atoms with Gasteiger partial charge in [0.25, 0.3) is 0 Å². The highest BCUT2D eigenvalue weighted by molar-refractivity contribution is 9.10. The van der Waals surface area contributed by atoms with Crippen molar-refractivity contribution in [2.24, 2.45) is 0 Å². The van der Waals surface area contributed by atoms with Gasteiger partial charge in [0.1, 0.15) is 0 Å². The van der Waals surface area contributed by atoms with Gasteiger partial charge in [-0.3, -0.25) is 9.78 Å². The molecule has 2 N–H and O–H groups in total. The van der Waals surface area contributed by atoms with E-state index in [0.717, 1.165) is 34.0 Å². The summed E-state index contributed by atoms with van der Waals surface area (Å²) in [6.07, 6.45) is 6.64. The first-order chi connectivity index (χ1) is 15.8. The summed E-state index contributed by atoms with van der Waals surface area (Å²) in [6, 6.07) is 18.6. The van der Waals surface area contributed by atoms with E-state index in [1.54, 1.807) is 30.5 Å². The number of rotatable bonds is 12. The van der Waals surface area contributed by atoms with Crippen LogP contribution < -0.4 is 4.72 Å². The monoisotopic (exact) mass is 530 g/mol. The van der Waals surface area contributed by atoms with Gasteiger partial charge in [-0.15, -0.1) is 0 Å². The number of benzene rings is 2. The molecule has 174 valence electrons. The molecular weight excluding hydrogens is 504 g/mol. The number of aromatic nitrogens is 1. The summed E-state index contributed by atoms with van der Waals surface area (Å²) >= 11 is 3.31. The van der Waals surface area contributed by atoms with Crippen LogP contribution in [0.1, 0.15) is 48.3 Å². The first-order valence-corrected chi connectivity index (χ1v) is 13.1. The molecule has 0 saturated heterocycles. The summed E-state index contributed by atoms with van der Waals surface area (Å²) in [5.41, 5.74) is 3.27. The van der Waals surface area contributed by atoms with E-state index < -0.39 is 16.0 Å². The molecule has 8 heteroatoms. The largest absolute Gasteiger partial charge is 0.481 e. The number of hydrogen-bond donors (Lipinski definition) is 2. The summed E-state index contributed by atoms with van der Waals surface area (Å²) in [4.78, 5) is 15.3. The number of unbranched alkanes of at least 4 members (excludes halogenated alkanes) is 1. The lowest BCUT2D eigenvalue weighted by Crippen LogP contribution is -2.25. The van der Waals surface area contributed by atoms with Crippen LogP contribution in [-0.2, 0) is 21.2 Å². The first-order valence-electron chi connectivity index (χ1n) is 10.8. The van der Waals surface area contributed by atoms with E-state index in [2.05, 4.69) is 37.8 Å². The maximum Gasteiger partial charge on any atom is 0.303 e. The lowest BCUT2D eigenvalue weighted by molar-refractivity contribution is -0.137. The van der Waals surface area contributed by atoms with Gasteiger partial charge in [0, 0.05) is 35.7 Å². The van der Waals surface area contributed by atoms with E-state index in [0.29, 0.717) is 19.4 Å². The van der Waals surface area contributed by atoms with E-state index in [4.69, 9.17) is 5.11 Å². The molecule has 0 bridgehead atoms. The summed E-state index contributed by atoms with van der Waals surface area (Å²) < 4.78 is 28.3. The SMILES string of the molecule is O=C(O)CCCCC(c1ccc(CCNS(=O)(=O)c2ccc(Br)cc2)cc1)c1cccnc1. The van der Waals surface area contributed by atoms with Crippen molar-refractivity contribution in [3.8, 4) is 0 Å². The molecule has 0 saturated carbocycles. The third-order valence-electron chi connectivity index (χ3n) is 5.43. The van der Waals surface area contributed by atoms with Gasteiger partial charge >= 0.3 is 5.97 Å². The Morgan fingerprint density at radius 2 is 1.73 bits per heavy atom. The Morgan fingerprint density at radius 3 is 2.36 bits per heavy atom. The number of nitrogens with one attached hydrogen (secondary N) is 1. The van der Waals surface area contributed by atoms with Crippen LogP contribution >= 0.6 is 15.9 Å². The van der Waals surface area contributed by atoms with Crippen molar-refractivity contribution in [1.82, 2.24) is 9.71 Å². The van der Waals surface area contributed by atoms with Crippen molar-refractivity contribution in [2.75, 3.05) is 6.54 Å². The summed E-state index contributed by atoms with van der Waals surface area (Å²) in [5.74, 6) is -0.634. The average Bonchev–Trinajstić information content (AvgIpc) is 2.80. The van der Waals surface area contributed by atoms with E-state index >= 15 is 0 Å². The van der Waals surface area contributed by atoms with E-state index in [1.807, 2.05) is 30.5 Å². The van der Waals surface area contributed by atoms with Gasteiger partial charge in [-0.05, 0) is 66.3 Å². The van der Waals surface area contributed by atoms with Gasteiger partial charge in [-0.1, -0.05) is 52.7 Å². The number of carbonyl (C=O) groups is 1. The molecule has 33 heavy (non-hydrogen) atoms. The Kier molecular flexibility index (Phi) is 9.17. The zero-order valence-electron chi connectivity index (χ0n) is 18.2. The second-order valence-corrected chi connectivity index (χ2v) is 10.5. The quantitative estimate of drug-likeness (QED) is 0.316. The van der Waals surface area contributed by atoms with Crippen LogP contribution in [0.15, 0.2) is 82.4 Å². The molecule has 6 nitrogen and oxygen atoms in total. The predicted molar refractivity (Wildman–Crippen MR) is 132 cm³/mol. The Balaban J connectivity index is 1.61. The zero-order valence-corrected chi connectivity index (χ0v) is 20.6. The molecule has 0 spiro atoms. The van der Waals surface area contributed by atoms with E-state index in [-0.39, 0.29) is 17.2 Å². The number of nitrogens with zero attached hydrogens (tertiary/aromatic N) is 1. The molecule has 1 atom stereocenters. The lowest BCUT2D eigenvalue weighted by atomic mass is 9.87. The highest BCUT2D eigenvalue weighted by Gasteiger charge is 2.16. The smallest absolute Gasteiger partial charge is 0.303 e. The molecule has 2 aromatic carbocycles. The van der Waals surface area contributed by atoms with Gasteiger partial charge in [0.05, 0.1) is 4.90 Å². The lowest BCUT2D eigenvalue weighted by Gasteiger charge is -2.18. The van der Waals surface area contributed by atoms with Crippen molar-refractivity contribution < 1.29 is 18.3 Å². The Hall–Kier alpha value is -2.55. The van der Waals surface area contributed by atoms with Gasteiger partial charge in [0.15, 0.2) is 0 Å². The Morgan fingerprint density at radius 1 is 1.00 bits per heavy atom. The number of halogens is 1. The fourth-order valence-corrected chi connectivity index (χ4v) is 4.97. The maximum absolute atomic E-state index is 12.4. The predicted octanol–water partition coefficient (Wildman–Crippen LogP) is 5.14. The minimum atomic E-state index is -3.54. The van der Waals surface area contributed by atoms with Crippen LogP contribution in [0.4, 0.5) is 0 Å². The summed E-state index contributed by atoms with van der Waals surface area (Å²) in [7, 11) is -3.54. The van der Waals surface area contributed by atoms with Crippen LogP contribution in [0, 0.1) is 0 Å². The number of sulfonamides is 1. The molecule has 0 aliphatic rings. The Bertz CT molecular complexity index is 1140. The molecule has 0 amide bonds. The number of aliphatic carboxylic acids is 1. The Labute approximate surface area is 203 Å². The average molecular weight is 531 g/mol. The molecule has 3 rings (SSSR count). The molecule has 0 aliphatic carbocycles. The third-order valence-corrected chi connectivity index (χ3v) is 7.44. The van der Waals surface area contributed by atoms with Crippen LogP contribution in [0.3, 0.4) is 0 Å². The van der Waals surface area contributed by atoms with Gasteiger partial charge in [-0.25, -0.2) is 13.1 Å². The van der Waals surface area contributed by atoms with E-state index in [1.165, 1.54) is 0 Å². The van der Waals surface area contributed by atoms with Crippen molar-refractivity contribution in [1.29, 1.82) is 0 Å². The van der Waals surface area contributed by atoms with Crippen LogP contribution in [-0.4, -0.2) is 31.0 Å². The van der Waals surface area contributed by atoms with Crippen LogP contribution in [0.2, 0.25) is 0 Å². The fraction of sp³-hybridized carbons (Fsp3) is 0.280. The summed E-state index contributed by atoms with van der Waals surface area (Å²) in [5, 5.41) is 8.89. The molecule has 0 aliphatic heterocycles. The highest BCUT2D eigenvalue weighted by atomic mass is 79.9. The molecule has 3 aromatic rings. The van der Waals surface area contributed by atoms with Crippen molar-refractivity contribution in [2.45, 2.75) is 42.9 Å². The molecule has 1 heterocycles. The van der Waals surface area contributed by atoms with E-state index in [9.17, 15) is 13.2 Å². The topological polar surface area (TPSA) is 96.4 Å². The number of pyridine rings is 1. The second-order valence-electron chi connectivity index (χ2n) is 7.82. The highest BCUT2D eigenvalue weighted by Crippen LogP contribution is 2.30. The zero-order chi connectivity index (χ0) is 23.7. The maximum atomic E-state index is 12.4. The number of carboxylic acid groups (broad SMARTS) is 1. The third kappa shape index (κ3) is 7.77. The van der Waals surface area contributed by atoms with Crippen molar-refractivity contribution in [3.05, 3.63) is 94.2 Å². The fourth-order valence-electron chi connectivity index (χ4n) is 3.68. The molecule has 1 aromatic heterocycles. The van der Waals surface area contributed by atoms with Gasteiger partial charge in [-0.2, -0.15) is 0 Å². The van der Waals surface area contributed by atoms with Crippen molar-refractivity contribution >= 4 is 31.9 Å². The molecular formula is C25H27BrN2O4S. The normalized spacial score (nSPS) is 12.4. The summed E-state index contributed by atoms with van der Waals surface area (Å²) in [6.45, 7) is 0.305. The van der Waals surface area contributed by atoms with Gasteiger partial charge in [0.2, 0.25) is 10.0 Å². The minimum absolute atomic E-state index is 0.137. The minimum Gasteiger partial charge on any atom is -0.481 e. The molecule has 0 fully saturated rings. The van der Waals surface area contributed by atoms with Crippen LogP contribution in [0.5, 0.6) is 0 Å². The van der Waals surface area contributed by atoms with Crippen molar-refractivity contribution in [3.63, 3.8) is 0 Å². The first kappa shape index (κ1) is 25.1. The number of carboxylic acids is 1.